The standard InChI is InChI=1S/C73H84BN3OS/c1-20-21-24-57-44(2)78-62-26-23-22-25-59(62)75(57)50-40-60-64-61(41-50)77(48-28-29-52-53(39-48)71(14,15)32-31-70(52,12)13)65-51-42-54-55(73(18,19)34-33-72(54,16)17)43-63(51)79-66(65)74(64)56-38-45(67(3,4)5)27-30-58(56)76(60)49-36-46(68(6,7)8)35-47(37-49)69(9,10)11/h20-30,35-43H,1,31-34H2,2-19H3/b24-21-. The van der Waals surface area contributed by atoms with Crippen molar-refractivity contribution in [3.63, 3.8) is 0 Å². The third kappa shape index (κ3) is 8.50. The van der Waals surface area contributed by atoms with Crippen molar-refractivity contribution in [2.75, 3.05) is 14.7 Å². The van der Waals surface area contributed by atoms with Crippen LogP contribution in [0, 0.1) is 0 Å². The normalized spacial score (nSPS) is 18.7. The average molecular weight is 1060 g/mol. The van der Waals surface area contributed by atoms with Gasteiger partial charge in [0, 0.05) is 43.3 Å². The lowest BCUT2D eigenvalue weighted by Crippen LogP contribution is -2.60. The lowest BCUT2D eigenvalue weighted by Gasteiger charge is -2.46. The van der Waals surface area contributed by atoms with Crippen molar-refractivity contribution in [2.45, 2.75) is 188 Å². The number of rotatable bonds is 5. The molecule has 6 aromatic carbocycles. The van der Waals surface area contributed by atoms with Gasteiger partial charge in [0.2, 0.25) is 0 Å². The van der Waals surface area contributed by atoms with Gasteiger partial charge in [-0.25, -0.2) is 0 Å². The molecule has 4 heterocycles. The van der Waals surface area contributed by atoms with Gasteiger partial charge in [-0.2, -0.15) is 0 Å². The van der Waals surface area contributed by atoms with Crippen LogP contribution in [-0.2, 0) is 37.9 Å². The molecular formula is C73H84BN3OS. The number of hydrogen-bond donors (Lipinski definition) is 0. The highest BCUT2D eigenvalue weighted by molar-refractivity contribution is 7.33. The van der Waals surface area contributed by atoms with E-state index in [2.05, 4.69) is 255 Å². The Bertz CT molecular complexity index is 3750. The third-order valence-corrected chi connectivity index (χ3v) is 20.3. The molecule has 406 valence electrons. The van der Waals surface area contributed by atoms with Crippen LogP contribution in [0.1, 0.15) is 189 Å². The maximum Gasteiger partial charge on any atom is 0.264 e. The Hall–Kier alpha value is -6.24. The number of ether oxygens (including phenoxy) is 1. The molecule has 0 spiro atoms. The van der Waals surface area contributed by atoms with Gasteiger partial charge in [0.25, 0.3) is 6.71 Å². The Kier molecular flexibility index (Phi) is 11.9. The largest absolute Gasteiger partial charge is 0.458 e. The van der Waals surface area contributed by atoms with Crippen molar-refractivity contribution >= 4 is 89.3 Å². The third-order valence-electron chi connectivity index (χ3n) is 19.1. The fourth-order valence-electron chi connectivity index (χ4n) is 13.9. The molecule has 2 aliphatic carbocycles. The predicted molar refractivity (Wildman–Crippen MR) is 344 cm³/mol. The molecule has 0 amide bonds. The number of benzene rings is 6. The lowest BCUT2D eigenvalue weighted by molar-refractivity contribution is 0.332. The first-order valence-corrected chi connectivity index (χ1v) is 30.1. The van der Waals surface area contributed by atoms with Crippen molar-refractivity contribution in [2.24, 2.45) is 0 Å². The van der Waals surface area contributed by atoms with Gasteiger partial charge in [-0.05, 0) is 193 Å². The zero-order valence-corrected chi connectivity index (χ0v) is 51.6. The second-order valence-corrected chi connectivity index (χ2v) is 30.8. The molecule has 0 saturated heterocycles. The highest BCUT2D eigenvalue weighted by Crippen LogP contribution is 2.56. The zero-order valence-electron chi connectivity index (χ0n) is 50.8. The second kappa shape index (κ2) is 17.6. The van der Waals surface area contributed by atoms with Crippen molar-refractivity contribution in [1.29, 1.82) is 0 Å². The predicted octanol–water partition coefficient (Wildman–Crippen LogP) is 19.1. The number of anilines is 8. The van der Waals surface area contributed by atoms with Crippen LogP contribution < -0.4 is 35.1 Å². The van der Waals surface area contributed by atoms with E-state index < -0.39 is 0 Å². The first-order chi connectivity index (χ1) is 36.9. The Balaban J connectivity index is 1.28. The summed E-state index contributed by atoms with van der Waals surface area (Å²) in [5.41, 5.74) is 22.9. The molecule has 5 aliphatic rings. The number of fused-ring (bicyclic) bond motifs is 9. The summed E-state index contributed by atoms with van der Waals surface area (Å²) < 4.78 is 9.52. The molecule has 6 heteroatoms. The van der Waals surface area contributed by atoms with Gasteiger partial charge in [0.05, 0.1) is 22.8 Å². The van der Waals surface area contributed by atoms with Crippen LogP contribution in [0.5, 0.6) is 5.75 Å². The lowest BCUT2D eigenvalue weighted by atomic mass is 9.36. The molecule has 7 aromatic rings. The van der Waals surface area contributed by atoms with E-state index in [0.717, 1.165) is 41.4 Å². The molecule has 0 fully saturated rings. The van der Waals surface area contributed by atoms with Gasteiger partial charge in [0.1, 0.15) is 5.76 Å². The van der Waals surface area contributed by atoms with Gasteiger partial charge in [0.15, 0.2) is 5.75 Å². The van der Waals surface area contributed by atoms with Crippen LogP contribution in [0.2, 0.25) is 0 Å². The summed E-state index contributed by atoms with van der Waals surface area (Å²) in [5, 5.41) is 1.35. The minimum atomic E-state index is -0.0966. The number of nitrogens with zero attached hydrogens (tertiary/aromatic N) is 3. The minimum absolute atomic E-state index is 0.00281. The average Bonchev–Trinajstić information content (AvgIpc) is 3.91. The summed E-state index contributed by atoms with van der Waals surface area (Å²) in [5.74, 6) is 1.67. The van der Waals surface area contributed by atoms with Gasteiger partial charge in [-0.15, -0.1) is 11.3 Å². The van der Waals surface area contributed by atoms with E-state index in [9.17, 15) is 0 Å². The summed E-state index contributed by atoms with van der Waals surface area (Å²) in [6.45, 7) is 47.3. The van der Waals surface area contributed by atoms with Crippen molar-refractivity contribution < 1.29 is 4.74 Å². The molecule has 0 bridgehead atoms. The van der Waals surface area contributed by atoms with E-state index in [0.29, 0.717) is 0 Å². The molecule has 0 N–H and O–H groups in total. The molecule has 3 aliphatic heterocycles. The molecular weight excluding hydrogens is 978 g/mol. The molecule has 1 aromatic heterocycles. The molecule has 0 unspecified atom stereocenters. The van der Waals surface area contributed by atoms with Crippen molar-refractivity contribution in [3.8, 4) is 5.75 Å². The fourth-order valence-corrected chi connectivity index (χ4v) is 15.2. The Morgan fingerprint density at radius 3 is 1.70 bits per heavy atom. The zero-order chi connectivity index (χ0) is 56.5. The molecule has 0 atom stereocenters. The Morgan fingerprint density at radius 1 is 0.532 bits per heavy atom. The number of thiophene rings is 1. The van der Waals surface area contributed by atoms with Gasteiger partial charge >= 0.3 is 0 Å². The van der Waals surface area contributed by atoms with E-state index >= 15 is 0 Å². The van der Waals surface area contributed by atoms with E-state index in [1.165, 1.54) is 112 Å². The van der Waals surface area contributed by atoms with Crippen LogP contribution >= 0.6 is 11.3 Å². The number of hydrogen-bond acceptors (Lipinski definition) is 5. The fraction of sp³-hybridized carbons (Fsp3) is 0.397. The molecule has 0 radical (unpaired) electrons. The summed E-state index contributed by atoms with van der Waals surface area (Å²) in [7, 11) is 0. The van der Waals surface area contributed by atoms with Gasteiger partial charge in [-0.1, -0.05) is 173 Å². The van der Waals surface area contributed by atoms with Gasteiger partial charge in [-0.3, -0.25) is 0 Å². The molecule has 4 nitrogen and oxygen atoms in total. The van der Waals surface area contributed by atoms with Crippen LogP contribution in [0.15, 0.2) is 139 Å². The van der Waals surface area contributed by atoms with Crippen LogP contribution in [-0.4, -0.2) is 6.71 Å². The summed E-state index contributed by atoms with van der Waals surface area (Å²) in [6.07, 6.45) is 10.7. The van der Waals surface area contributed by atoms with Crippen LogP contribution in [0.3, 0.4) is 0 Å². The Morgan fingerprint density at radius 2 is 1.09 bits per heavy atom. The maximum absolute atomic E-state index is 6.73. The second-order valence-electron chi connectivity index (χ2n) is 29.7. The summed E-state index contributed by atoms with van der Waals surface area (Å²) >= 11 is 2.04. The van der Waals surface area contributed by atoms with Gasteiger partial charge < -0.3 is 19.4 Å². The Labute approximate surface area is 478 Å². The SMILES string of the molecule is C=C/C=C\C1=C(C)Oc2ccccc2N1c1cc2c3c(c1)N(c1ccc4c(c1)C(C)(C)CCC4(C)C)c1c(sc4cc5c(cc14)C(C)(C)CCC5(C)C)B3c1cc(C(C)(C)C)ccc1N2c1cc(C(C)(C)C)cc(C(C)(C)C)c1. The molecule has 79 heavy (non-hydrogen) atoms. The van der Waals surface area contributed by atoms with Crippen molar-refractivity contribution in [3.05, 3.63) is 178 Å². The molecule has 0 saturated carbocycles. The van der Waals surface area contributed by atoms with E-state index in [-0.39, 0.29) is 44.6 Å². The minimum Gasteiger partial charge on any atom is -0.458 e. The monoisotopic (exact) mass is 1060 g/mol. The quantitative estimate of drug-likeness (QED) is 0.126. The highest BCUT2D eigenvalue weighted by Gasteiger charge is 2.49. The van der Waals surface area contributed by atoms with E-state index in [1.54, 1.807) is 0 Å². The van der Waals surface area contributed by atoms with E-state index in [4.69, 9.17) is 4.74 Å². The van der Waals surface area contributed by atoms with Crippen LogP contribution in [0.25, 0.3) is 10.1 Å². The highest BCUT2D eigenvalue weighted by atomic mass is 32.1. The first-order valence-electron chi connectivity index (χ1n) is 29.3. The first kappa shape index (κ1) is 53.4. The molecule has 12 rings (SSSR count). The number of para-hydroxylation sites is 2. The summed E-state index contributed by atoms with van der Waals surface area (Å²) in [6, 6.07) is 41.4. The van der Waals surface area contributed by atoms with E-state index in [1.807, 2.05) is 23.5 Å². The van der Waals surface area contributed by atoms with Crippen molar-refractivity contribution in [1.82, 2.24) is 0 Å². The number of allylic oxidation sites excluding steroid dienone is 4. The topological polar surface area (TPSA) is 19.0 Å². The summed E-state index contributed by atoms with van der Waals surface area (Å²) in [4.78, 5) is 7.84. The van der Waals surface area contributed by atoms with Crippen LogP contribution in [0.4, 0.5) is 45.5 Å². The maximum atomic E-state index is 6.73. The smallest absolute Gasteiger partial charge is 0.264 e.